The summed E-state index contributed by atoms with van der Waals surface area (Å²) in [5, 5.41) is 0. The number of benzene rings is 1. The van der Waals surface area contributed by atoms with E-state index >= 15 is 0 Å². The minimum Gasteiger partial charge on any atom is -0.469 e. The average molecular weight is 275 g/mol. The Hall–Kier alpha value is -1.56. The van der Waals surface area contributed by atoms with Gasteiger partial charge in [0.15, 0.2) is 0 Å². The van der Waals surface area contributed by atoms with Gasteiger partial charge in [-0.05, 0) is 20.3 Å². The fraction of sp³-hybridized carbons (Fsp3) is 0.462. The van der Waals surface area contributed by atoms with Crippen LogP contribution in [0.5, 0.6) is 0 Å². The van der Waals surface area contributed by atoms with Gasteiger partial charge in [-0.3, -0.25) is 4.79 Å². The molecule has 3 nitrogen and oxygen atoms in total. The van der Waals surface area contributed by atoms with Crippen LogP contribution in [0.25, 0.3) is 0 Å². The van der Waals surface area contributed by atoms with Gasteiger partial charge in [0.25, 0.3) is 0 Å². The molecule has 0 spiro atoms. The van der Waals surface area contributed by atoms with Gasteiger partial charge in [-0.1, -0.05) is 0 Å². The van der Waals surface area contributed by atoms with E-state index in [-0.39, 0.29) is 6.42 Å². The van der Waals surface area contributed by atoms with Gasteiger partial charge in [-0.2, -0.15) is 0 Å². The van der Waals surface area contributed by atoms with E-state index in [1.54, 1.807) is 13.8 Å². The summed E-state index contributed by atoms with van der Waals surface area (Å²) in [6, 6.07) is 0.0435. The van der Waals surface area contributed by atoms with Gasteiger partial charge in [0.2, 0.25) is 0 Å². The van der Waals surface area contributed by atoms with E-state index in [0.29, 0.717) is 12.1 Å². The summed E-state index contributed by atoms with van der Waals surface area (Å²) in [5.74, 6) is -3.68. The number of methoxy groups -OCH3 is 1. The maximum absolute atomic E-state index is 13.5. The molecule has 0 fully saturated rings. The summed E-state index contributed by atoms with van der Waals surface area (Å²) in [7, 11) is 1.22. The van der Waals surface area contributed by atoms with Crippen LogP contribution < -0.4 is 5.73 Å². The Balaban J connectivity index is 3.02. The molecule has 0 aliphatic heterocycles. The second kappa shape index (κ2) is 5.61. The SMILES string of the molecule is COC(=O)C(C)(C)CC(N)c1c(F)cc(F)cc1F. The zero-order chi connectivity index (χ0) is 14.8. The van der Waals surface area contributed by atoms with Gasteiger partial charge >= 0.3 is 5.97 Å². The number of rotatable bonds is 4. The summed E-state index contributed by atoms with van der Waals surface area (Å²) in [6.07, 6.45) is -0.0286. The zero-order valence-electron chi connectivity index (χ0n) is 11.0. The van der Waals surface area contributed by atoms with Crippen LogP contribution in [0, 0.1) is 22.9 Å². The van der Waals surface area contributed by atoms with Crippen LogP contribution >= 0.6 is 0 Å². The molecule has 0 bridgehead atoms. The molecule has 0 radical (unpaired) electrons. The Kier molecular flexibility index (Phi) is 4.57. The van der Waals surface area contributed by atoms with Crippen molar-refractivity contribution in [2.24, 2.45) is 11.1 Å². The largest absolute Gasteiger partial charge is 0.469 e. The lowest BCUT2D eigenvalue weighted by atomic mass is 9.83. The Morgan fingerprint density at radius 1 is 1.32 bits per heavy atom. The molecule has 1 rings (SSSR count). The lowest BCUT2D eigenvalue weighted by Gasteiger charge is -2.25. The van der Waals surface area contributed by atoms with E-state index < -0.39 is 40.4 Å². The molecule has 0 heterocycles. The molecule has 0 saturated carbocycles. The van der Waals surface area contributed by atoms with E-state index in [0.717, 1.165) is 0 Å². The second-order valence-electron chi connectivity index (χ2n) is 4.97. The normalized spacial score (nSPS) is 13.2. The zero-order valence-corrected chi connectivity index (χ0v) is 11.0. The highest BCUT2D eigenvalue weighted by atomic mass is 19.1. The summed E-state index contributed by atoms with van der Waals surface area (Å²) < 4.78 is 44.5. The van der Waals surface area contributed by atoms with Gasteiger partial charge < -0.3 is 10.5 Å². The first-order chi connectivity index (χ1) is 8.69. The fourth-order valence-corrected chi connectivity index (χ4v) is 1.92. The van der Waals surface area contributed by atoms with Gasteiger partial charge in [0, 0.05) is 23.7 Å². The van der Waals surface area contributed by atoms with E-state index in [9.17, 15) is 18.0 Å². The lowest BCUT2D eigenvalue weighted by molar-refractivity contribution is -0.151. The first-order valence-corrected chi connectivity index (χ1v) is 5.67. The molecule has 1 aromatic rings. The van der Waals surface area contributed by atoms with E-state index in [2.05, 4.69) is 4.74 Å². The summed E-state index contributed by atoms with van der Waals surface area (Å²) in [6.45, 7) is 3.11. The molecule has 106 valence electrons. The lowest BCUT2D eigenvalue weighted by Crippen LogP contribution is -2.31. The number of ether oxygens (including phenoxy) is 1. The molecular formula is C13H16F3NO2. The Labute approximate surface area is 109 Å². The van der Waals surface area contributed by atoms with Crippen molar-refractivity contribution < 1.29 is 22.7 Å². The van der Waals surface area contributed by atoms with Crippen molar-refractivity contribution in [1.29, 1.82) is 0 Å². The molecule has 19 heavy (non-hydrogen) atoms. The highest BCUT2D eigenvalue weighted by molar-refractivity contribution is 5.75. The number of esters is 1. The summed E-state index contributed by atoms with van der Waals surface area (Å²) in [5.41, 5.74) is 4.28. The molecule has 6 heteroatoms. The van der Waals surface area contributed by atoms with Crippen LogP contribution in [0.3, 0.4) is 0 Å². The first-order valence-electron chi connectivity index (χ1n) is 5.67. The quantitative estimate of drug-likeness (QED) is 0.859. The molecule has 0 aliphatic rings. The van der Waals surface area contributed by atoms with Crippen LogP contribution in [0.4, 0.5) is 13.2 Å². The number of hydrogen-bond donors (Lipinski definition) is 1. The van der Waals surface area contributed by atoms with Crippen LogP contribution in [0.1, 0.15) is 31.9 Å². The third-order valence-electron chi connectivity index (χ3n) is 2.88. The van der Waals surface area contributed by atoms with E-state index in [4.69, 9.17) is 5.73 Å². The van der Waals surface area contributed by atoms with Gasteiger partial charge in [0.1, 0.15) is 17.5 Å². The van der Waals surface area contributed by atoms with E-state index in [1.165, 1.54) is 7.11 Å². The molecule has 0 saturated heterocycles. The summed E-state index contributed by atoms with van der Waals surface area (Å²) >= 11 is 0. The first kappa shape index (κ1) is 15.5. The maximum atomic E-state index is 13.5. The number of carbonyl (C=O) groups is 1. The highest BCUT2D eigenvalue weighted by Gasteiger charge is 2.33. The number of halogens is 3. The molecule has 1 unspecified atom stereocenters. The predicted octanol–water partition coefficient (Wildman–Crippen LogP) is 2.69. The Morgan fingerprint density at radius 2 is 1.79 bits per heavy atom. The van der Waals surface area contributed by atoms with Crippen LogP contribution in [0.15, 0.2) is 12.1 Å². The molecule has 1 aromatic carbocycles. The fourth-order valence-electron chi connectivity index (χ4n) is 1.92. The van der Waals surface area contributed by atoms with Gasteiger partial charge in [-0.25, -0.2) is 13.2 Å². The van der Waals surface area contributed by atoms with Crippen molar-refractivity contribution in [3.05, 3.63) is 35.1 Å². The number of hydrogen-bond acceptors (Lipinski definition) is 3. The molecule has 0 amide bonds. The van der Waals surface area contributed by atoms with E-state index in [1.807, 2.05) is 0 Å². The predicted molar refractivity (Wildman–Crippen MR) is 63.7 cm³/mol. The number of nitrogens with two attached hydrogens (primary N) is 1. The van der Waals surface area contributed by atoms with Crippen LogP contribution in [-0.2, 0) is 9.53 Å². The van der Waals surface area contributed by atoms with Crippen molar-refractivity contribution >= 4 is 5.97 Å². The highest BCUT2D eigenvalue weighted by Crippen LogP contribution is 2.32. The summed E-state index contributed by atoms with van der Waals surface area (Å²) in [4.78, 5) is 11.5. The third-order valence-corrected chi connectivity index (χ3v) is 2.88. The standard InChI is InChI=1S/C13H16F3NO2/c1-13(2,12(18)19-3)6-10(17)11-8(15)4-7(14)5-9(11)16/h4-5,10H,6,17H2,1-3H3. The maximum Gasteiger partial charge on any atom is 0.311 e. The Morgan fingerprint density at radius 3 is 2.21 bits per heavy atom. The monoisotopic (exact) mass is 275 g/mol. The van der Waals surface area contributed by atoms with Crippen LogP contribution in [-0.4, -0.2) is 13.1 Å². The molecule has 0 aliphatic carbocycles. The minimum atomic E-state index is -1.07. The number of carbonyl (C=O) groups excluding carboxylic acids is 1. The smallest absolute Gasteiger partial charge is 0.311 e. The van der Waals surface area contributed by atoms with Crippen molar-refractivity contribution in [1.82, 2.24) is 0 Å². The van der Waals surface area contributed by atoms with Crippen LogP contribution in [0.2, 0.25) is 0 Å². The van der Waals surface area contributed by atoms with Crippen molar-refractivity contribution in [3.63, 3.8) is 0 Å². The average Bonchev–Trinajstić information content (AvgIpc) is 2.25. The minimum absolute atomic E-state index is 0.0286. The van der Waals surface area contributed by atoms with Crippen molar-refractivity contribution in [2.45, 2.75) is 26.3 Å². The molecule has 1 atom stereocenters. The second-order valence-corrected chi connectivity index (χ2v) is 4.97. The Bertz CT molecular complexity index is 466. The molecular weight excluding hydrogens is 259 g/mol. The van der Waals surface area contributed by atoms with Crippen molar-refractivity contribution in [2.75, 3.05) is 7.11 Å². The molecule has 2 N–H and O–H groups in total. The van der Waals surface area contributed by atoms with Gasteiger partial charge in [-0.15, -0.1) is 0 Å². The van der Waals surface area contributed by atoms with Crippen molar-refractivity contribution in [3.8, 4) is 0 Å². The van der Waals surface area contributed by atoms with Gasteiger partial charge in [0.05, 0.1) is 12.5 Å². The molecule has 0 aromatic heterocycles. The topological polar surface area (TPSA) is 52.3 Å². The third kappa shape index (κ3) is 3.47.